The molecule has 0 saturated carbocycles. The second kappa shape index (κ2) is 12.9. The van der Waals surface area contributed by atoms with Gasteiger partial charge in [-0.1, -0.05) is 0 Å². The van der Waals surface area contributed by atoms with E-state index in [1.165, 1.54) is 4.46 Å². The van der Waals surface area contributed by atoms with Crippen molar-refractivity contribution in [1.29, 1.82) is 0 Å². The van der Waals surface area contributed by atoms with E-state index in [-0.39, 0.29) is 20.0 Å². The van der Waals surface area contributed by atoms with Gasteiger partial charge < -0.3 is 0 Å². The summed E-state index contributed by atoms with van der Waals surface area (Å²) in [5, 5.41) is -0.325. The van der Waals surface area contributed by atoms with Crippen LogP contribution in [0.5, 0.6) is 0 Å². The van der Waals surface area contributed by atoms with Crippen molar-refractivity contribution in [2.75, 3.05) is 6.61 Å². The number of esters is 1. The fourth-order valence-electron chi connectivity index (χ4n) is 4.90. The van der Waals surface area contributed by atoms with Gasteiger partial charge in [0.1, 0.15) is 0 Å². The van der Waals surface area contributed by atoms with Crippen LogP contribution in [-0.4, -0.2) is 57.0 Å². The van der Waals surface area contributed by atoms with Crippen molar-refractivity contribution >= 4 is 25.4 Å². The molecule has 0 radical (unpaired) electrons. The second-order valence-electron chi connectivity index (χ2n) is 9.65. The molecule has 2 aliphatic rings. The Morgan fingerprint density at radius 1 is 0.750 bits per heavy atom. The molecule has 2 saturated heterocycles. The molecule has 204 valence electrons. The Bertz CT molecular complexity index is 1360. The molecule has 2 fully saturated rings. The zero-order valence-electron chi connectivity index (χ0n) is 21.8. The maximum atomic E-state index is 13.4. The summed E-state index contributed by atoms with van der Waals surface area (Å²) in [6, 6.07) is 39.0. The first-order valence-corrected chi connectivity index (χ1v) is 15.2. The fraction of sp³-hybridized carbons (Fsp3) is 0.242. The normalized spacial score (nSPS) is 26.0. The van der Waals surface area contributed by atoms with Crippen molar-refractivity contribution in [3.8, 4) is 0 Å². The molecule has 4 aromatic carbocycles. The first-order chi connectivity index (χ1) is 19.7. The topological polar surface area (TPSA) is 63.2 Å². The van der Waals surface area contributed by atoms with Gasteiger partial charge in [0.2, 0.25) is 0 Å². The third kappa shape index (κ3) is 6.37. The van der Waals surface area contributed by atoms with Gasteiger partial charge in [-0.05, 0) is 0 Å². The monoisotopic (exact) mass is 602 g/mol. The molecular weight excluding hydrogens is 571 g/mol. The average molecular weight is 602 g/mol. The van der Waals surface area contributed by atoms with Crippen molar-refractivity contribution in [2.24, 2.45) is 0 Å². The average Bonchev–Trinajstić information content (AvgIpc) is 3.02. The molecule has 40 heavy (non-hydrogen) atoms. The number of carbonyl (C=O) groups is 1. The summed E-state index contributed by atoms with van der Waals surface area (Å²) in [5.74, 6) is -0.420. The van der Waals surface area contributed by atoms with Crippen LogP contribution in [0, 0.1) is 0 Å². The number of rotatable bonds is 8. The van der Waals surface area contributed by atoms with Gasteiger partial charge >= 0.3 is 241 Å². The molecule has 0 spiro atoms. The van der Waals surface area contributed by atoms with Crippen LogP contribution in [0.3, 0.4) is 0 Å². The first kappa shape index (κ1) is 26.9. The SMILES string of the molecule is O=C(O[C@@H]1[C@H](OCc2ccccc2)[C@@H]([Se]c2ccccc2)O[C@@H]2CO[C@@H](c3ccccc3)O[C@@H]12)c1ccccc1. The third-order valence-corrected chi connectivity index (χ3v) is 9.31. The van der Waals surface area contributed by atoms with Crippen molar-refractivity contribution < 1.29 is 28.5 Å². The summed E-state index contributed by atoms with van der Waals surface area (Å²) < 4.78 is 33.3. The molecule has 6 nitrogen and oxygen atoms in total. The van der Waals surface area contributed by atoms with Gasteiger partial charge in [0, 0.05) is 0 Å². The molecule has 0 aromatic heterocycles. The van der Waals surface area contributed by atoms with Crippen LogP contribution in [-0.2, 0) is 30.3 Å². The molecule has 6 rings (SSSR count). The molecule has 0 unspecified atom stereocenters. The summed E-state index contributed by atoms with van der Waals surface area (Å²) >= 11 is -0.124. The van der Waals surface area contributed by atoms with Crippen LogP contribution in [0.25, 0.3) is 0 Å². The Labute approximate surface area is 240 Å². The molecule has 7 heteroatoms. The summed E-state index contributed by atoms with van der Waals surface area (Å²) in [6.07, 6.45) is -2.85. The van der Waals surface area contributed by atoms with Gasteiger partial charge in [0.25, 0.3) is 0 Å². The van der Waals surface area contributed by atoms with Gasteiger partial charge in [-0.3, -0.25) is 0 Å². The Kier molecular flexibility index (Phi) is 8.69. The molecule has 0 N–H and O–H groups in total. The van der Waals surface area contributed by atoms with Crippen LogP contribution in [0.2, 0.25) is 0 Å². The number of benzene rings is 4. The summed E-state index contributed by atoms with van der Waals surface area (Å²) in [6.45, 7) is 0.669. The van der Waals surface area contributed by atoms with Gasteiger partial charge in [0.05, 0.1) is 0 Å². The zero-order valence-corrected chi connectivity index (χ0v) is 23.5. The third-order valence-electron chi connectivity index (χ3n) is 6.89. The van der Waals surface area contributed by atoms with E-state index >= 15 is 0 Å². The summed E-state index contributed by atoms with van der Waals surface area (Å²) in [4.78, 5) is 13.4. The standard InChI is InChI=1S/C33H30O6Se/c34-31(24-15-7-2-8-16-24)38-29-28-27(22-36-32(39-28)25-17-9-3-10-18-25)37-33(40-26-19-11-4-12-20-26)30(29)35-21-23-13-5-1-6-14-23/h1-20,27-30,32-33H,21-22H2/t27-,28-,29+,30+,32-,33-/m1/s1. The Hall–Kier alpha value is -3.29. The van der Waals surface area contributed by atoms with E-state index in [2.05, 4.69) is 12.1 Å². The predicted molar refractivity (Wildman–Crippen MR) is 151 cm³/mol. The molecule has 0 aliphatic carbocycles. The van der Waals surface area contributed by atoms with E-state index in [4.69, 9.17) is 23.7 Å². The van der Waals surface area contributed by atoms with Gasteiger partial charge in [-0.25, -0.2) is 0 Å². The quantitative estimate of drug-likeness (QED) is 0.216. The molecule has 6 atom stereocenters. The van der Waals surface area contributed by atoms with E-state index in [0.717, 1.165) is 11.1 Å². The molecule has 4 aromatic rings. The molecule has 0 bridgehead atoms. The van der Waals surface area contributed by atoms with Crippen molar-refractivity contribution in [1.82, 2.24) is 0 Å². The van der Waals surface area contributed by atoms with Crippen molar-refractivity contribution in [3.63, 3.8) is 0 Å². The van der Waals surface area contributed by atoms with Crippen LogP contribution in [0.15, 0.2) is 121 Å². The Morgan fingerprint density at radius 2 is 1.38 bits per heavy atom. The summed E-state index contributed by atoms with van der Waals surface area (Å²) in [5.41, 5.74) is 2.40. The second-order valence-corrected chi connectivity index (χ2v) is 12.1. The summed E-state index contributed by atoms with van der Waals surface area (Å²) in [7, 11) is 0. The van der Waals surface area contributed by atoms with Crippen LogP contribution in [0.1, 0.15) is 27.8 Å². The van der Waals surface area contributed by atoms with E-state index in [9.17, 15) is 4.79 Å². The molecular formula is C33H30O6Se. The van der Waals surface area contributed by atoms with Gasteiger partial charge in [0.15, 0.2) is 0 Å². The van der Waals surface area contributed by atoms with E-state index in [1.807, 2.05) is 97.1 Å². The number of hydrogen-bond donors (Lipinski definition) is 0. The minimum absolute atomic E-state index is 0.124. The number of carbonyl (C=O) groups excluding carboxylic acids is 1. The van der Waals surface area contributed by atoms with Gasteiger partial charge in [-0.15, -0.1) is 0 Å². The minimum atomic E-state index is -0.708. The number of ether oxygens (including phenoxy) is 5. The molecule has 0 amide bonds. The van der Waals surface area contributed by atoms with E-state index in [0.29, 0.717) is 18.8 Å². The van der Waals surface area contributed by atoms with Crippen LogP contribution in [0.4, 0.5) is 0 Å². The van der Waals surface area contributed by atoms with Crippen LogP contribution < -0.4 is 4.46 Å². The van der Waals surface area contributed by atoms with E-state index in [1.54, 1.807) is 12.1 Å². The van der Waals surface area contributed by atoms with Gasteiger partial charge in [-0.2, -0.15) is 0 Å². The predicted octanol–water partition coefficient (Wildman–Crippen LogP) is 4.67. The fourth-order valence-corrected chi connectivity index (χ4v) is 7.31. The first-order valence-electron chi connectivity index (χ1n) is 13.4. The number of fused-ring (bicyclic) bond motifs is 1. The number of hydrogen-bond acceptors (Lipinski definition) is 6. The van der Waals surface area contributed by atoms with Crippen LogP contribution >= 0.6 is 0 Å². The Morgan fingerprint density at radius 3 is 2.08 bits per heavy atom. The molecule has 2 aliphatic heterocycles. The van der Waals surface area contributed by atoms with E-state index < -0.39 is 36.7 Å². The zero-order chi connectivity index (χ0) is 27.1. The molecule has 2 heterocycles. The van der Waals surface area contributed by atoms with Crippen molar-refractivity contribution in [2.45, 2.75) is 42.3 Å². The Balaban J connectivity index is 1.33. The maximum absolute atomic E-state index is 13.4. The van der Waals surface area contributed by atoms with Crippen molar-refractivity contribution in [3.05, 3.63) is 138 Å².